The van der Waals surface area contributed by atoms with Gasteiger partial charge in [0.15, 0.2) is 0 Å². The zero-order valence-electron chi connectivity index (χ0n) is 13.1. The first-order valence-electron chi connectivity index (χ1n) is 7.42. The molecule has 2 amide bonds. The number of hydrogen-bond donors (Lipinski definition) is 0. The first-order chi connectivity index (χ1) is 10.5. The summed E-state index contributed by atoms with van der Waals surface area (Å²) in [6.07, 6.45) is 0.337. The number of carbonyl (C=O) groups is 3. The maximum absolute atomic E-state index is 12.5. The number of rotatable bonds is 5. The van der Waals surface area contributed by atoms with Crippen molar-refractivity contribution in [3.63, 3.8) is 0 Å². The molecule has 1 heterocycles. The zero-order valence-corrected chi connectivity index (χ0v) is 13.1. The number of benzene rings is 1. The van der Waals surface area contributed by atoms with Crippen LogP contribution in [0.15, 0.2) is 30.3 Å². The van der Waals surface area contributed by atoms with E-state index in [0.717, 1.165) is 5.56 Å². The van der Waals surface area contributed by atoms with Gasteiger partial charge in [0.05, 0.1) is 25.5 Å². The van der Waals surface area contributed by atoms with Gasteiger partial charge in [0.1, 0.15) is 0 Å². The largest absolute Gasteiger partial charge is 0.469 e. The normalized spacial score (nSPS) is 22.8. The molecule has 118 valence electrons. The predicted molar refractivity (Wildman–Crippen MR) is 80.5 cm³/mol. The number of imide groups is 1. The Kier molecular flexibility index (Phi) is 4.96. The second-order valence-electron chi connectivity index (χ2n) is 5.80. The number of methoxy groups -OCH3 is 1. The van der Waals surface area contributed by atoms with E-state index >= 15 is 0 Å². The van der Waals surface area contributed by atoms with Gasteiger partial charge in [-0.3, -0.25) is 19.3 Å². The molecule has 3 atom stereocenters. The molecular weight excluding hydrogens is 282 g/mol. The molecule has 0 aliphatic carbocycles. The van der Waals surface area contributed by atoms with Crippen molar-refractivity contribution >= 4 is 17.8 Å². The summed E-state index contributed by atoms with van der Waals surface area (Å²) in [6, 6.07) is 9.41. The molecule has 0 N–H and O–H groups in total. The molecule has 0 radical (unpaired) electrons. The molecule has 3 unspecified atom stereocenters. The lowest BCUT2D eigenvalue weighted by molar-refractivity contribution is -0.145. The number of carbonyl (C=O) groups excluding carboxylic acids is 3. The maximum atomic E-state index is 12.5. The summed E-state index contributed by atoms with van der Waals surface area (Å²) in [5.41, 5.74) is 0.915. The van der Waals surface area contributed by atoms with Crippen LogP contribution in [0.2, 0.25) is 0 Å². The summed E-state index contributed by atoms with van der Waals surface area (Å²) >= 11 is 0. The van der Waals surface area contributed by atoms with Crippen LogP contribution in [-0.4, -0.2) is 29.8 Å². The second kappa shape index (κ2) is 6.73. The number of likely N-dealkylation sites (tertiary alicyclic amines) is 1. The Labute approximate surface area is 130 Å². The SMILES string of the molecule is COC(=O)C(C)CC1C(=O)N(Cc2ccccc2)C(=O)C1C. The van der Waals surface area contributed by atoms with Gasteiger partial charge in [-0.25, -0.2) is 0 Å². The molecule has 22 heavy (non-hydrogen) atoms. The van der Waals surface area contributed by atoms with Crippen LogP contribution in [0.4, 0.5) is 0 Å². The highest BCUT2D eigenvalue weighted by atomic mass is 16.5. The molecule has 0 saturated carbocycles. The fraction of sp³-hybridized carbons (Fsp3) is 0.471. The van der Waals surface area contributed by atoms with Gasteiger partial charge in [-0.2, -0.15) is 0 Å². The number of nitrogens with zero attached hydrogens (tertiary/aromatic N) is 1. The van der Waals surface area contributed by atoms with E-state index in [1.807, 2.05) is 30.3 Å². The molecule has 1 saturated heterocycles. The zero-order chi connectivity index (χ0) is 16.3. The average Bonchev–Trinajstić information content (AvgIpc) is 2.73. The highest BCUT2D eigenvalue weighted by Crippen LogP contribution is 2.32. The minimum absolute atomic E-state index is 0.170. The summed E-state index contributed by atoms with van der Waals surface area (Å²) in [6.45, 7) is 3.75. The second-order valence-corrected chi connectivity index (χ2v) is 5.80. The van der Waals surface area contributed by atoms with Crippen molar-refractivity contribution in [3.05, 3.63) is 35.9 Å². The van der Waals surface area contributed by atoms with Crippen molar-refractivity contribution in [3.8, 4) is 0 Å². The fourth-order valence-electron chi connectivity index (χ4n) is 2.85. The topological polar surface area (TPSA) is 63.7 Å². The summed E-state index contributed by atoms with van der Waals surface area (Å²) < 4.78 is 4.69. The van der Waals surface area contributed by atoms with Crippen molar-refractivity contribution in [2.24, 2.45) is 17.8 Å². The Morgan fingerprint density at radius 2 is 1.86 bits per heavy atom. The van der Waals surface area contributed by atoms with E-state index in [2.05, 4.69) is 0 Å². The number of amides is 2. The van der Waals surface area contributed by atoms with Gasteiger partial charge in [-0.1, -0.05) is 44.2 Å². The van der Waals surface area contributed by atoms with Gasteiger partial charge in [0.25, 0.3) is 0 Å². The Bertz CT molecular complexity index is 569. The van der Waals surface area contributed by atoms with Crippen LogP contribution in [0.1, 0.15) is 25.8 Å². The first kappa shape index (κ1) is 16.2. The van der Waals surface area contributed by atoms with Gasteiger partial charge in [0, 0.05) is 5.92 Å². The number of ether oxygens (including phenoxy) is 1. The van der Waals surface area contributed by atoms with Crippen molar-refractivity contribution in [2.75, 3.05) is 7.11 Å². The summed E-state index contributed by atoms with van der Waals surface area (Å²) in [4.78, 5) is 37.7. The number of hydrogen-bond acceptors (Lipinski definition) is 4. The lowest BCUT2D eigenvalue weighted by Gasteiger charge is -2.16. The lowest BCUT2D eigenvalue weighted by Crippen LogP contribution is -2.31. The van der Waals surface area contributed by atoms with Crippen molar-refractivity contribution in [2.45, 2.75) is 26.8 Å². The molecule has 0 bridgehead atoms. The van der Waals surface area contributed by atoms with E-state index in [4.69, 9.17) is 4.74 Å². The molecule has 5 heteroatoms. The minimum atomic E-state index is -0.453. The van der Waals surface area contributed by atoms with Crippen LogP contribution in [0.3, 0.4) is 0 Å². The quantitative estimate of drug-likeness (QED) is 0.616. The fourth-order valence-corrected chi connectivity index (χ4v) is 2.85. The van der Waals surface area contributed by atoms with Gasteiger partial charge < -0.3 is 4.74 Å². The monoisotopic (exact) mass is 303 g/mol. The summed E-state index contributed by atoms with van der Waals surface area (Å²) in [5.74, 6) is -1.97. The third kappa shape index (κ3) is 3.18. The van der Waals surface area contributed by atoms with Crippen LogP contribution in [0, 0.1) is 17.8 Å². The van der Waals surface area contributed by atoms with E-state index in [-0.39, 0.29) is 24.3 Å². The van der Waals surface area contributed by atoms with E-state index in [1.165, 1.54) is 12.0 Å². The number of esters is 1. The Balaban J connectivity index is 2.10. The molecular formula is C17H21NO4. The van der Waals surface area contributed by atoms with Crippen LogP contribution < -0.4 is 0 Å². The highest BCUT2D eigenvalue weighted by molar-refractivity contribution is 6.05. The van der Waals surface area contributed by atoms with Crippen LogP contribution in [0.25, 0.3) is 0 Å². The Hall–Kier alpha value is -2.17. The van der Waals surface area contributed by atoms with E-state index in [1.54, 1.807) is 13.8 Å². The molecule has 1 aromatic carbocycles. The van der Waals surface area contributed by atoms with Crippen LogP contribution in [0.5, 0.6) is 0 Å². The summed E-state index contributed by atoms with van der Waals surface area (Å²) in [5, 5.41) is 0. The molecule has 5 nitrogen and oxygen atoms in total. The van der Waals surface area contributed by atoms with Gasteiger partial charge in [0.2, 0.25) is 11.8 Å². The molecule has 2 rings (SSSR count). The summed E-state index contributed by atoms with van der Waals surface area (Å²) in [7, 11) is 1.32. The lowest BCUT2D eigenvalue weighted by atomic mass is 9.88. The highest BCUT2D eigenvalue weighted by Gasteiger charge is 2.45. The molecule has 1 aliphatic rings. The third-order valence-corrected chi connectivity index (χ3v) is 4.24. The van der Waals surface area contributed by atoms with E-state index in [0.29, 0.717) is 6.42 Å². The van der Waals surface area contributed by atoms with Gasteiger partial charge >= 0.3 is 5.97 Å². The van der Waals surface area contributed by atoms with Crippen molar-refractivity contribution < 1.29 is 19.1 Å². The smallest absolute Gasteiger partial charge is 0.308 e. The maximum Gasteiger partial charge on any atom is 0.308 e. The Morgan fingerprint density at radius 3 is 2.45 bits per heavy atom. The molecule has 1 aliphatic heterocycles. The Morgan fingerprint density at radius 1 is 1.23 bits per heavy atom. The van der Waals surface area contributed by atoms with E-state index < -0.39 is 17.8 Å². The predicted octanol–water partition coefficient (Wildman–Crippen LogP) is 2.01. The molecule has 1 fully saturated rings. The van der Waals surface area contributed by atoms with Crippen LogP contribution >= 0.6 is 0 Å². The van der Waals surface area contributed by atoms with Gasteiger partial charge in [-0.15, -0.1) is 0 Å². The third-order valence-electron chi connectivity index (χ3n) is 4.24. The average molecular weight is 303 g/mol. The van der Waals surface area contributed by atoms with Gasteiger partial charge in [-0.05, 0) is 12.0 Å². The first-order valence-corrected chi connectivity index (χ1v) is 7.42. The van der Waals surface area contributed by atoms with Crippen LogP contribution in [-0.2, 0) is 25.7 Å². The molecule has 0 spiro atoms. The standard InChI is InChI=1S/C17H21NO4/c1-11(17(21)22-3)9-14-12(2)15(19)18(16(14)20)10-13-7-5-4-6-8-13/h4-8,11-12,14H,9-10H2,1-3H3. The van der Waals surface area contributed by atoms with Crippen molar-refractivity contribution in [1.82, 2.24) is 4.90 Å². The van der Waals surface area contributed by atoms with Crippen molar-refractivity contribution in [1.29, 1.82) is 0 Å². The molecule has 0 aromatic heterocycles. The molecule has 1 aromatic rings. The van der Waals surface area contributed by atoms with E-state index in [9.17, 15) is 14.4 Å². The minimum Gasteiger partial charge on any atom is -0.469 e.